The zero-order valence-corrected chi connectivity index (χ0v) is 11.6. The molecule has 3 nitrogen and oxygen atoms in total. The van der Waals surface area contributed by atoms with Crippen molar-refractivity contribution in [2.24, 2.45) is 0 Å². The summed E-state index contributed by atoms with van der Waals surface area (Å²) in [6.45, 7) is 2.59. The van der Waals surface area contributed by atoms with E-state index in [9.17, 15) is 0 Å². The Morgan fingerprint density at radius 1 is 1.53 bits per heavy atom. The van der Waals surface area contributed by atoms with Gasteiger partial charge in [-0.2, -0.15) is 0 Å². The van der Waals surface area contributed by atoms with Crippen LogP contribution in [0.1, 0.15) is 11.1 Å². The number of aryl methyl sites for hydroxylation is 1. The summed E-state index contributed by atoms with van der Waals surface area (Å²) in [4.78, 5) is 1.88. The number of anilines is 1. The third kappa shape index (κ3) is 2.62. The molecule has 1 aromatic rings. The second-order valence-corrected chi connectivity index (χ2v) is 5.41. The molecule has 1 aliphatic rings. The van der Waals surface area contributed by atoms with Crippen LogP contribution in [0.25, 0.3) is 0 Å². The van der Waals surface area contributed by atoms with Gasteiger partial charge in [-0.3, -0.25) is 0 Å². The Morgan fingerprint density at radius 2 is 2.29 bits per heavy atom. The Morgan fingerprint density at radius 3 is 2.88 bits per heavy atom. The van der Waals surface area contributed by atoms with Gasteiger partial charge in [-0.05, 0) is 0 Å². The summed E-state index contributed by atoms with van der Waals surface area (Å²) >= 11 is 6.00. The van der Waals surface area contributed by atoms with E-state index in [0.29, 0.717) is 11.8 Å². The fraction of sp³-hybridized carbons (Fsp3) is 0.333. The van der Waals surface area contributed by atoms with E-state index in [1.165, 1.54) is 17.3 Å². The maximum absolute atomic E-state index is 7.95. The van der Waals surface area contributed by atoms with Crippen molar-refractivity contribution < 1.29 is 20.0 Å². The first-order valence-electron chi connectivity index (χ1n) is 5.22. The van der Waals surface area contributed by atoms with Crippen molar-refractivity contribution in [3.05, 3.63) is 29.3 Å². The summed E-state index contributed by atoms with van der Waals surface area (Å²) in [6.07, 6.45) is 0. The van der Waals surface area contributed by atoms with E-state index >= 15 is 0 Å². The SMILES string of the molecule is COCc1ccc(C)cc1N1C(=N)SC[C]1=[Co]. The number of hydrogen-bond donors (Lipinski definition) is 1. The van der Waals surface area contributed by atoms with Gasteiger partial charge in [0, 0.05) is 0 Å². The molecule has 0 unspecified atom stereocenters. The molecular formula is C12H14CoN2OS. The molecule has 0 radical (unpaired) electrons. The number of amidine groups is 1. The van der Waals surface area contributed by atoms with Crippen molar-refractivity contribution in [2.45, 2.75) is 13.5 Å². The Labute approximate surface area is 113 Å². The predicted octanol–water partition coefficient (Wildman–Crippen LogP) is 2.31. The van der Waals surface area contributed by atoms with Crippen LogP contribution in [-0.2, 0) is 26.6 Å². The summed E-state index contributed by atoms with van der Waals surface area (Å²) < 4.78 is 6.10. The molecule has 2 rings (SSSR count). The molecule has 17 heavy (non-hydrogen) atoms. The van der Waals surface area contributed by atoms with Crippen molar-refractivity contribution in [3.63, 3.8) is 0 Å². The van der Waals surface area contributed by atoms with Crippen molar-refractivity contribution in [1.82, 2.24) is 0 Å². The van der Waals surface area contributed by atoms with E-state index in [0.717, 1.165) is 21.6 Å². The molecule has 1 heterocycles. The minimum absolute atomic E-state index is 0.524. The maximum atomic E-state index is 7.95. The molecule has 1 aliphatic heterocycles. The van der Waals surface area contributed by atoms with Crippen molar-refractivity contribution in [1.29, 1.82) is 5.41 Å². The van der Waals surface area contributed by atoms with Crippen LogP contribution < -0.4 is 4.90 Å². The van der Waals surface area contributed by atoms with Crippen molar-refractivity contribution >= 4 is 27.2 Å². The van der Waals surface area contributed by atoms with Gasteiger partial charge in [0.25, 0.3) is 0 Å². The van der Waals surface area contributed by atoms with Gasteiger partial charge in [0.2, 0.25) is 0 Å². The van der Waals surface area contributed by atoms with Crippen LogP contribution in [0.3, 0.4) is 0 Å². The number of methoxy groups -OCH3 is 1. The van der Waals surface area contributed by atoms with E-state index in [2.05, 4.69) is 27.4 Å². The van der Waals surface area contributed by atoms with Crippen LogP contribution in [0.2, 0.25) is 0 Å². The first-order chi connectivity index (χ1) is 8.13. The van der Waals surface area contributed by atoms with E-state index < -0.39 is 0 Å². The van der Waals surface area contributed by atoms with Gasteiger partial charge in [0.1, 0.15) is 0 Å². The number of nitrogens with one attached hydrogen (secondary N) is 1. The Hall–Kier alpha value is -0.624. The molecule has 1 fully saturated rings. The van der Waals surface area contributed by atoms with Gasteiger partial charge in [0.15, 0.2) is 0 Å². The third-order valence-corrected chi connectivity index (χ3v) is 4.05. The number of rotatable bonds is 3. The molecule has 5 heteroatoms. The zero-order chi connectivity index (χ0) is 12.4. The number of hydrogen-bond acceptors (Lipinski definition) is 3. The molecule has 93 valence electrons. The summed E-state index contributed by atoms with van der Waals surface area (Å²) in [6, 6.07) is 6.18. The Kier molecular flexibility index (Phi) is 4.03. The van der Waals surface area contributed by atoms with Crippen molar-refractivity contribution in [2.75, 3.05) is 17.8 Å². The van der Waals surface area contributed by atoms with E-state index in [4.69, 9.17) is 10.1 Å². The van der Waals surface area contributed by atoms with Crippen LogP contribution >= 0.6 is 11.8 Å². The molecule has 1 saturated heterocycles. The molecule has 0 spiro atoms. The molecule has 0 amide bonds. The Balaban J connectivity index is 2.45. The Bertz CT molecular complexity index is 460. The van der Waals surface area contributed by atoms with Gasteiger partial charge in [-0.25, -0.2) is 0 Å². The van der Waals surface area contributed by atoms with E-state index in [1.807, 2.05) is 17.9 Å². The fourth-order valence-corrected chi connectivity index (χ4v) is 3.01. The molecule has 1 aromatic carbocycles. The number of ether oxygens (including phenoxy) is 1. The topological polar surface area (TPSA) is 36.3 Å². The van der Waals surface area contributed by atoms with Gasteiger partial charge in [0.05, 0.1) is 0 Å². The third-order valence-electron chi connectivity index (χ3n) is 2.54. The van der Waals surface area contributed by atoms with Crippen LogP contribution in [0, 0.1) is 12.3 Å². The molecule has 0 saturated carbocycles. The normalized spacial score (nSPS) is 15.8. The average molecular weight is 293 g/mol. The van der Waals surface area contributed by atoms with E-state index in [-0.39, 0.29) is 0 Å². The second-order valence-electron chi connectivity index (χ2n) is 3.84. The summed E-state index contributed by atoms with van der Waals surface area (Å²) in [5.74, 6) is 0.763. The number of benzene rings is 1. The molecule has 1 N–H and O–H groups in total. The zero-order valence-electron chi connectivity index (χ0n) is 9.74. The first-order valence-corrected chi connectivity index (χ1v) is 6.73. The second kappa shape index (κ2) is 5.35. The average Bonchev–Trinajstić information content (AvgIpc) is 2.62. The van der Waals surface area contributed by atoms with Crippen LogP contribution in [0.5, 0.6) is 0 Å². The first kappa shape index (κ1) is 12.8. The quantitative estimate of drug-likeness (QED) is 0.929. The van der Waals surface area contributed by atoms with Gasteiger partial charge >= 0.3 is 113 Å². The van der Waals surface area contributed by atoms with Gasteiger partial charge < -0.3 is 0 Å². The molecule has 0 aromatic heterocycles. The molecule has 0 atom stereocenters. The molecular weight excluding hydrogens is 279 g/mol. The number of thioether (sulfide) groups is 1. The minimum atomic E-state index is 0.524. The molecule has 0 aliphatic carbocycles. The standard InChI is InChI=1S/C12H14N2OS.Co/c1-9-3-4-10(8-15-2)11(7-9)14-5-6-16-12(14)13;/h3-4,7,13H,6,8H2,1-2H3;. The van der Waals surface area contributed by atoms with Crippen LogP contribution in [-0.4, -0.2) is 22.6 Å². The van der Waals surface area contributed by atoms with Gasteiger partial charge in [-0.1, -0.05) is 0 Å². The summed E-state index contributed by atoms with van der Waals surface area (Å²) in [7, 11) is 1.68. The summed E-state index contributed by atoms with van der Waals surface area (Å²) in [5.41, 5.74) is 3.26. The summed E-state index contributed by atoms with van der Waals surface area (Å²) in [5, 5.41) is 8.47. The monoisotopic (exact) mass is 293 g/mol. The predicted molar refractivity (Wildman–Crippen MR) is 69.6 cm³/mol. The van der Waals surface area contributed by atoms with E-state index in [1.54, 1.807) is 7.11 Å². The van der Waals surface area contributed by atoms with Gasteiger partial charge in [-0.15, -0.1) is 0 Å². The molecule has 0 bridgehead atoms. The van der Waals surface area contributed by atoms with Crippen molar-refractivity contribution in [3.8, 4) is 0 Å². The number of nitrogens with zero attached hydrogens (tertiary/aromatic N) is 1. The fourth-order valence-electron chi connectivity index (χ4n) is 1.75. The van der Waals surface area contributed by atoms with Crippen LogP contribution in [0.15, 0.2) is 18.2 Å². The van der Waals surface area contributed by atoms with Crippen LogP contribution in [0.4, 0.5) is 5.69 Å².